The fourth-order valence-corrected chi connectivity index (χ4v) is 2.21. The van der Waals surface area contributed by atoms with E-state index >= 15 is 0 Å². The van der Waals surface area contributed by atoms with Gasteiger partial charge in [0.1, 0.15) is 0 Å². The first-order valence-electron chi connectivity index (χ1n) is 4.52. The molecule has 3 nitrogen and oxygen atoms in total. The Morgan fingerprint density at radius 3 is 2.75 bits per heavy atom. The molecule has 0 radical (unpaired) electrons. The van der Waals surface area contributed by atoms with Gasteiger partial charge in [0.2, 0.25) is 0 Å². The molecule has 1 saturated carbocycles. The van der Waals surface area contributed by atoms with Crippen molar-refractivity contribution < 1.29 is 14.3 Å². The maximum absolute atomic E-state index is 11.2. The Morgan fingerprint density at radius 1 is 1.17 bits per heavy atom. The topological polar surface area (TPSA) is 43.4 Å². The smallest absolute Gasteiger partial charge is 0.316 e. The highest BCUT2D eigenvalue weighted by molar-refractivity contribution is 5.90. The van der Waals surface area contributed by atoms with Crippen LogP contribution < -0.4 is 0 Å². The Morgan fingerprint density at radius 2 is 1.92 bits per heavy atom. The molecule has 0 N–H and O–H groups in total. The lowest BCUT2D eigenvalue weighted by atomic mass is 9.76. The van der Waals surface area contributed by atoms with Crippen LogP contribution in [0.5, 0.6) is 0 Å². The zero-order valence-electron chi connectivity index (χ0n) is 6.91. The molecule has 0 aromatic carbocycles. The number of esters is 2. The summed E-state index contributed by atoms with van der Waals surface area (Å²) in [5, 5.41) is 0. The van der Waals surface area contributed by atoms with Gasteiger partial charge in [-0.1, -0.05) is 12.8 Å². The lowest BCUT2D eigenvalue weighted by Crippen LogP contribution is -2.37. The maximum atomic E-state index is 11.2. The van der Waals surface area contributed by atoms with Crippen molar-refractivity contribution in [3.05, 3.63) is 0 Å². The van der Waals surface area contributed by atoms with Gasteiger partial charge in [0.15, 0.2) is 0 Å². The molecule has 1 saturated heterocycles. The van der Waals surface area contributed by atoms with Crippen molar-refractivity contribution in [2.75, 3.05) is 0 Å². The van der Waals surface area contributed by atoms with Crippen molar-refractivity contribution in [3.8, 4) is 0 Å². The average Bonchev–Trinajstić information content (AvgIpc) is 2.04. The number of carbonyl (C=O) groups excluding carboxylic acids is 2. The second-order valence-electron chi connectivity index (χ2n) is 3.65. The van der Waals surface area contributed by atoms with E-state index in [9.17, 15) is 9.59 Å². The van der Waals surface area contributed by atoms with Crippen LogP contribution in [0.2, 0.25) is 0 Å². The van der Waals surface area contributed by atoms with Crippen LogP contribution in [0.4, 0.5) is 0 Å². The summed E-state index contributed by atoms with van der Waals surface area (Å²) >= 11 is 0. The van der Waals surface area contributed by atoms with Gasteiger partial charge in [-0.15, -0.1) is 0 Å². The first-order valence-corrected chi connectivity index (χ1v) is 4.52. The van der Waals surface area contributed by atoms with Crippen LogP contribution in [0.15, 0.2) is 0 Å². The third-order valence-corrected chi connectivity index (χ3v) is 2.86. The zero-order chi connectivity index (χ0) is 8.55. The summed E-state index contributed by atoms with van der Waals surface area (Å²) in [6.45, 7) is 0. The summed E-state index contributed by atoms with van der Waals surface area (Å²) in [7, 11) is 0. The highest BCUT2D eigenvalue weighted by Gasteiger charge is 2.38. The van der Waals surface area contributed by atoms with Gasteiger partial charge in [-0.3, -0.25) is 9.59 Å². The molecule has 1 aliphatic heterocycles. The van der Waals surface area contributed by atoms with Gasteiger partial charge in [0.25, 0.3) is 0 Å². The number of hydrogen-bond donors (Lipinski definition) is 0. The van der Waals surface area contributed by atoms with Crippen molar-refractivity contribution in [3.63, 3.8) is 0 Å². The quantitative estimate of drug-likeness (QED) is 0.404. The van der Waals surface area contributed by atoms with E-state index in [1.54, 1.807) is 0 Å². The molecule has 2 fully saturated rings. The van der Waals surface area contributed by atoms with Gasteiger partial charge in [-0.25, -0.2) is 0 Å². The largest absolute Gasteiger partial charge is 0.393 e. The minimum Gasteiger partial charge on any atom is -0.393 e. The number of carbonyl (C=O) groups is 2. The predicted octanol–water partition coefficient (Wildman–Crippen LogP) is 1.27. The average molecular weight is 168 g/mol. The Labute approximate surface area is 71.1 Å². The second-order valence-corrected chi connectivity index (χ2v) is 3.65. The lowest BCUT2D eigenvalue weighted by molar-refractivity contribution is -0.172. The van der Waals surface area contributed by atoms with Gasteiger partial charge in [-0.2, -0.15) is 0 Å². The minimum atomic E-state index is -0.330. The third kappa shape index (κ3) is 1.24. The highest BCUT2D eigenvalue weighted by atomic mass is 16.6. The molecule has 3 heteroatoms. The Balaban J connectivity index is 2.11. The first-order chi connectivity index (χ1) is 5.77. The zero-order valence-corrected chi connectivity index (χ0v) is 6.91. The van der Waals surface area contributed by atoms with Crippen molar-refractivity contribution >= 4 is 11.9 Å². The normalized spacial score (nSPS) is 35.7. The SMILES string of the molecule is O=C1C[C@@H]2CCCC[C@@H]2C(=O)O1. The molecular formula is C9H12O3. The molecule has 66 valence electrons. The van der Waals surface area contributed by atoms with Crippen LogP contribution in [-0.4, -0.2) is 11.9 Å². The number of ether oxygens (including phenoxy) is 1. The van der Waals surface area contributed by atoms with E-state index in [1.807, 2.05) is 0 Å². The summed E-state index contributed by atoms with van der Waals surface area (Å²) in [6.07, 6.45) is 4.64. The minimum absolute atomic E-state index is 0.0245. The summed E-state index contributed by atoms with van der Waals surface area (Å²) in [5.74, 6) is -0.303. The molecule has 0 unspecified atom stereocenters. The fraction of sp³-hybridized carbons (Fsp3) is 0.778. The summed E-state index contributed by atoms with van der Waals surface area (Å²) < 4.78 is 4.58. The van der Waals surface area contributed by atoms with Crippen LogP contribution in [0.25, 0.3) is 0 Å². The maximum Gasteiger partial charge on any atom is 0.316 e. The van der Waals surface area contributed by atoms with Gasteiger partial charge >= 0.3 is 11.9 Å². The van der Waals surface area contributed by atoms with Crippen molar-refractivity contribution in [1.82, 2.24) is 0 Å². The van der Waals surface area contributed by atoms with Gasteiger partial charge in [-0.05, 0) is 18.8 Å². The molecule has 1 aliphatic carbocycles. The molecule has 1 heterocycles. The van der Waals surface area contributed by atoms with E-state index in [2.05, 4.69) is 4.74 Å². The van der Waals surface area contributed by atoms with E-state index < -0.39 is 0 Å². The number of hydrogen-bond acceptors (Lipinski definition) is 3. The molecule has 0 aromatic heterocycles. The van der Waals surface area contributed by atoms with E-state index in [-0.39, 0.29) is 23.8 Å². The van der Waals surface area contributed by atoms with Gasteiger partial charge in [0, 0.05) is 6.42 Å². The van der Waals surface area contributed by atoms with Crippen molar-refractivity contribution in [2.45, 2.75) is 32.1 Å². The molecule has 0 spiro atoms. The molecular weight excluding hydrogens is 156 g/mol. The van der Waals surface area contributed by atoms with Crippen LogP contribution in [0.3, 0.4) is 0 Å². The molecule has 2 atom stereocenters. The molecule has 2 rings (SSSR count). The molecule has 12 heavy (non-hydrogen) atoms. The molecule has 0 amide bonds. The second kappa shape index (κ2) is 2.88. The summed E-state index contributed by atoms with van der Waals surface area (Å²) in [5.41, 5.74) is 0. The predicted molar refractivity (Wildman–Crippen MR) is 41.2 cm³/mol. The van der Waals surface area contributed by atoms with E-state index in [0.717, 1.165) is 25.7 Å². The van der Waals surface area contributed by atoms with Crippen molar-refractivity contribution in [1.29, 1.82) is 0 Å². The van der Waals surface area contributed by atoms with Crippen molar-refractivity contribution in [2.24, 2.45) is 11.8 Å². The fourth-order valence-electron chi connectivity index (χ4n) is 2.21. The van der Waals surface area contributed by atoms with Crippen LogP contribution >= 0.6 is 0 Å². The van der Waals surface area contributed by atoms with Crippen LogP contribution in [-0.2, 0) is 14.3 Å². The summed E-state index contributed by atoms with van der Waals surface area (Å²) in [4.78, 5) is 22.1. The first kappa shape index (κ1) is 7.77. The third-order valence-electron chi connectivity index (χ3n) is 2.86. The Bertz CT molecular complexity index is 222. The lowest BCUT2D eigenvalue weighted by Gasteiger charge is -2.32. The van der Waals surface area contributed by atoms with Gasteiger partial charge in [0.05, 0.1) is 5.92 Å². The van der Waals surface area contributed by atoms with E-state index in [1.165, 1.54) is 0 Å². The number of cyclic esters (lactones) is 2. The van der Waals surface area contributed by atoms with Crippen LogP contribution in [0, 0.1) is 11.8 Å². The number of fused-ring (bicyclic) bond motifs is 1. The Hall–Kier alpha value is -0.860. The summed E-state index contributed by atoms with van der Waals surface area (Å²) in [6, 6.07) is 0. The monoisotopic (exact) mass is 168 g/mol. The van der Waals surface area contributed by atoms with E-state index in [4.69, 9.17) is 0 Å². The number of rotatable bonds is 0. The standard InChI is InChI=1S/C9H12O3/c10-8-5-6-3-1-2-4-7(6)9(11)12-8/h6-7H,1-5H2/t6-,7-/m0/s1. The van der Waals surface area contributed by atoms with Gasteiger partial charge < -0.3 is 4.74 Å². The molecule has 2 aliphatic rings. The Kier molecular flexibility index (Phi) is 1.87. The van der Waals surface area contributed by atoms with E-state index in [0.29, 0.717) is 6.42 Å². The molecule has 0 bridgehead atoms. The van der Waals surface area contributed by atoms with Crippen LogP contribution in [0.1, 0.15) is 32.1 Å². The highest BCUT2D eigenvalue weighted by Crippen LogP contribution is 2.36. The molecule has 0 aromatic rings.